The van der Waals surface area contributed by atoms with E-state index in [-0.39, 0.29) is 12.1 Å². The number of likely N-dealkylation sites (tertiary alicyclic amines) is 1. The molecular formula is C20H22N6O3. The lowest BCUT2D eigenvalue weighted by molar-refractivity contribution is 0.110. The van der Waals surface area contributed by atoms with Gasteiger partial charge in [-0.15, -0.1) is 10.2 Å². The molecule has 2 amide bonds. The Morgan fingerprint density at radius 1 is 1.10 bits per heavy atom. The zero-order valence-corrected chi connectivity index (χ0v) is 16.1. The largest absolute Gasteiger partial charge is 0.495 e. The van der Waals surface area contributed by atoms with E-state index in [9.17, 15) is 4.79 Å². The summed E-state index contributed by atoms with van der Waals surface area (Å²) in [4.78, 5) is 14.3. The number of amides is 2. The maximum Gasteiger partial charge on any atom is 0.321 e. The fourth-order valence-electron chi connectivity index (χ4n) is 3.19. The van der Waals surface area contributed by atoms with E-state index < -0.39 is 0 Å². The SMILES string of the molecule is COc1ccccc1NC(=O)N1CCC(Oc2ccc(-n3cccn3)nn2)CC1. The summed E-state index contributed by atoms with van der Waals surface area (Å²) >= 11 is 0. The maximum absolute atomic E-state index is 12.5. The van der Waals surface area contributed by atoms with Gasteiger partial charge < -0.3 is 19.7 Å². The van der Waals surface area contributed by atoms with E-state index in [0.29, 0.717) is 36.2 Å². The quantitative estimate of drug-likeness (QED) is 0.715. The highest BCUT2D eigenvalue weighted by Crippen LogP contribution is 2.24. The number of piperidine rings is 1. The van der Waals surface area contributed by atoms with Crippen LogP contribution in [0.1, 0.15) is 12.8 Å². The number of benzene rings is 1. The predicted molar refractivity (Wildman–Crippen MR) is 106 cm³/mol. The standard InChI is InChI=1S/C20H22N6O3/c1-28-17-6-3-2-5-16(17)22-20(27)25-13-9-15(10-14-25)29-19-8-7-18(23-24-19)26-12-4-11-21-26/h2-8,11-12,15H,9-10,13-14H2,1H3,(H,22,27). The van der Waals surface area contributed by atoms with Crippen LogP contribution in [0.15, 0.2) is 54.9 Å². The summed E-state index contributed by atoms with van der Waals surface area (Å²) < 4.78 is 12.8. The first-order valence-corrected chi connectivity index (χ1v) is 9.42. The van der Waals surface area contributed by atoms with Crippen molar-refractivity contribution in [1.29, 1.82) is 0 Å². The number of methoxy groups -OCH3 is 1. The van der Waals surface area contributed by atoms with E-state index >= 15 is 0 Å². The van der Waals surface area contributed by atoms with Crippen LogP contribution in [0.5, 0.6) is 11.6 Å². The van der Waals surface area contributed by atoms with Gasteiger partial charge in [0.15, 0.2) is 5.82 Å². The van der Waals surface area contributed by atoms with E-state index in [0.717, 1.165) is 12.8 Å². The van der Waals surface area contributed by atoms with E-state index in [4.69, 9.17) is 9.47 Å². The fraction of sp³-hybridized carbons (Fsp3) is 0.300. The highest BCUT2D eigenvalue weighted by molar-refractivity contribution is 5.91. The molecule has 4 rings (SSSR count). The Kier molecular flexibility index (Phi) is 5.55. The molecule has 9 nitrogen and oxygen atoms in total. The Labute approximate surface area is 168 Å². The lowest BCUT2D eigenvalue weighted by Crippen LogP contribution is -2.43. The normalized spacial score (nSPS) is 14.4. The van der Waals surface area contributed by atoms with Gasteiger partial charge in [-0.3, -0.25) is 0 Å². The molecule has 0 unspecified atom stereocenters. The lowest BCUT2D eigenvalue weighted by atomic mass is 10.1. The molecule has 1 aliphatic heterocycles. The van der Waals surface area contributed by atoms with Crippen molar-refractivity contribution in [2.75, 3.05) is 25.5 Å². The zero-order valence-electron chi connectivity index (χ0n) is 16.1. The number of hydrogen-bond acceptors (Lipinski definition) is 6. The Morgan fingerprint density at radius 3 is 2.62 bits per heavy atom. The monoisotopic (exact) mass is 394 g/mol. The van der Waals surface area contributed by atoms with Gasteiger partial charge in [-0.1, -0.05) is 12.1 Å². The molecule has 0 atom stereocenters. The van der Waals surface area contributed by atoms with Crippen molar-refractivity contribution >= 4 is 11.7 Å². The molecule has 1 saturated heterocycles. The van der Waals surface area contributed by atoms with Crippen molar-refractivity contribution in [1.82, 2.24) is 24.9 Å². The fourth-order valence-corrected chi connectivity index (χ4v) is 3.19. The lowest BCUT2D eigenvalue weighted by Gasteiger charge is -2.32. The molecule has 0 aliphatic carbocycles. The third kappa shape index (κ3) is 4.45. The molecule has 1 N–H and O–H groups in total. The summed E-state index contributed by atoms with van der Waals surface area (Å²) in [5.74, 6) is 1.74. The number of nitrogens with zero attached hydrogens (tertiary/aromatic N) is 5. The van der Waals surface area contributed by atoms with Crippen molar-refractivity contribution in [3.8, 4) is 17.4 Å². The highest BCUT2D eigenvalue weighted by atomic mass is 16.5. The molecule has 0 spiro atoms. The van der Waals surface area contributed by atoms with Crippen LogP contribution in [-0.4, -0.2) is 57.2 Å². The van der Waals surface area contributed by atoms with Crippen LogP contribution in [-0.2, 0) is 0 Å². The van der Waals surface area contributed by atoms with E-state index in [2.05, 4.69) is 20.6 Å². The minimum Gasteiger partial charge on any atom is -0.495 e. The Hall–Kier alpha value is -3.62. The molecule has 1 aromatic carbocycles. The molecule has 9 heteroatoms. The van der Waals surface area contributed by atoms with Crippen LogP contribution >= 0.6 is 0 Å². The van der Waals surface area contributed by atoms with Gasteiger partial charge in [0.2, 0.25) is 5.88 Å². The first kappa shape index (κ1) is 18.7. The van der Waals surface area contributed by atoms with Crippen LogP contribution in [0, 0.1) is 0 Å². The number of carbonyl (C=O) groups is 1. The number of urea groups is 1. The molecular weight excluding hydrogens is 372 g/mol. The number of nitrogens with one attached hydrogen (secondary N) is 1. The van der Waals surface area contributed by atoms with Crippen LogP contribution in [0.25, 0.3) is 5.82 Å². The maximum atomic E-state index is 12.5. The van der Waals surface area contributed by atoms with Gasteiger partial charge in [-0.05, 0) is 24.3 Å². The number of ether oxygens (including phenoxy) is 2. The van der Waals surface area contributed by atoms with Gasteiger partial charge in [0.05, 0.1) is 12.8 Å². The molecule has 150 valence electrons. The van der Waals surface area contributed by atoms with Gasteiger partial charge in [-0.25, -0.2) is 9.48 Å². The van der Waals surface area contributed by atoms with Crippen molar-refractivity contribution in [2.45, 2.75) is 18.9 Å². The summed E-state index contributed by atoms with van der Waals surface area (Å²) in [5, 5.41) is 15.3. The average molecular weight is 394 g/mol. The number of anilines is 1. The molecule has 1 fully saturated rings. The van der Waals surface area contributed by atoms with Crippen molar-refractivity contribution < 1.29 is 14.3 Å². The zero-order chi connectivity index (χ0) is 20.1. The second-order valence-electron chi connectivity index (χ2n) is 6.62. The first-order valence-electron chi connectivity index (χ1n) is 9.42. The third-order valence-electron chi connectivity index (χ3n) is 4.73. The topological polar surface area (TPSA) is 94.4 Å². The number of hydrogen-bond donors (Lipinski definition) is 1. The molecule has 29 heavy (non-hydrogen) atoms. The summed E-state index contributed by atoms with van der Waals surface area (Å²) in [5.41, 5.74) is 0.658. The number of rotatable bonds is 5. The Balaban J connectivity index is 1.28. The van der Waals surface area contributed by atoms with E-state index in [1.165, 1.54) is 0 Å². The van der Waals surface area contributed by atoms with Gasteiger partial charge in [0, 0.05) is 44.4 Å². The molecule has 3 heterocycles. The van der Waals surface area contributed by atoms with Crippen molar-refractivity contribution in [2.24, 2.45) is 0 Å². The highest BCUT2D eigenvalue weighted by Gasteiger charge is 2.25. The summed E-state index contributed by atoms with van der Waals surface area (Å²) in [6.07, 6.45) is 4.93. The van der Waals surface area contributed by atoms with Crippen LogP contribution in [0.4, 0.5) is 10.5 Å². The molecule has 0 saturated carbocycles. The number of para-hydroxylation sites is 2. The van der Waals surface area contributed by atoms with E-state index in [1.807, 2.05) is 36.4 Å². The van der Waals surface area contributed by atoms with Crippen LogP contribution in [0.2, 0.25) is 0 Å². The summed E-state index contributed by atoms with van der Waals surface area (Å²) in [6.45, 7) is 1.20. The molecule has 1 aliphatic rings. The average Bonchev–Trinajstić information content (AvgIpc) is 3.30. The van der Waals surface area contributed by atoms with Gasteiger partial charge in [0.1, 0.15) is 11.9 Å². The summed E-state index contributed by atoms with van der Waals surface area (Å²) in [6, 6.07) is 12.6. The van der Waals surface area contributed by atoms with Gasteiger partial charge >= 0.3 is 6.03 Å². The number of aromatic nitrogens is 4. The minimum absolute atomic E-state index is 0.00448. The van der Waals surface area contributed by atoms with Crippen molar-refractivity contribution in [3.63, 3.8) is 0 Å². The number of carbonyl (C=O) groups excluding carboxylic acids is 1. The smallest absolute Gasteiger partial charge is 0.321 e. The minimum atomic E-state index is -0.142. The molecule has 0 bridgehead atoms. The second kappa shape index (κ2) is 8.59. The molecule has 3 aromatic rings. The first-order chi connectivity index (χ1) is 14.2. The van der Waals surface area contributed by atoms with Gasteiger partial charge in [-0.2, -0.15) is 5.10 Å². The van der Waals surface area contributed by atoms with Gasteiger partial charge in [0.25, 0.3) is 0 Å². The Bertz CT molecular complexity index is 937. The summed E-state index contributed by atoms with van der Waals surface area (Å²) in [7, 11) is 1.58. The van der Waals surface area contributed by atoms with E-state index in [1.54, 1.807) is 35.2 Å². The third-order valence-corrected chi connectivity index (χ3v) is 4.73. The van der Waals surface area contributed by atoms with Crippen molar-refractivity contribution in [3.05, 3.63) is 54.9 Å². The second-order valence-corrected chi connectivity index (χ2v) is 6.62. The predicted octanol–water partition coefficient (Wildman–Crippen LogP) is 2.75. The molecule has 2 aromatic heterocycles. The Morgan fingerprint density at radius 2 is 1.93 bits per heavy atom. The van der Waals surface area contributed by atoms with Crippen LogP contribution < -0.4 is 14.8 Å². The molecule has 0 radical (unpaired) electrons. The van der Waals surface area contributed by atoms with Crippen LogP contribution in [0.3, 0.4) is 0 Å².